The number of carbonyl (C=O) groups is 2. The van der Waals surface area contributed by atoms with E-state index in [4.69, 9.17) is 14.2 Å². The first-order valence-electron chi connectivity index (χ1n) is 14.2. The van der Waals surface area contributed by atoms with Crippen LogP contribution in [0.25, 0.3) is 5.76 Å². The van der Waals surface area contributed by atoms with Crippen LogP contribution < -0.4 is 14.2 Å². The molecule has 4 aromatic rings. The fourth-order valence-corrected chi connectivity index (χ4v) is 5.17. The van der Waals surface area contributed by atoms with Crippen LogP contribution in [0, 0.1) is 6.92 Å². The monoisotopic (exact) mass is 577 g/mol. The average molecular weight is 578 g/mol. The minimum absolute atomic E-state index is 0.00515. The van der Waals surface area contributed by atoms with Gasteiger partial charge in [-0.15, -0.1) is 0 Å². The molecule has 7 heteroatoms. The zero-order valence-corrected chi connectivity index (χ0v) is 24.7. The molecule has 1 unspecified atom stereocenters. The first-order chi connectivity index (χ1) is 20.7. The van der Waals surface area contributed by atoms with Crippen LogP contribution in [0.3, 0.4) is 0 Å². The Balaban J connectivity index is 1.51. The van der Waals surface area contributed by atoms with Crippen molar-refractivity contribution < 1.29 is 28.9 Å². The summed E-state index contributed by atoms with van der Waals surface area (Å²) in [4.78, 5) is 28.5. The molecular weight excluding hydrogens is 542 g/mol. The third-order valence-corrected chi connectivity index (χ3v) is 7.31. The van der Waals surface area contributed by atoms with E-state index in [1.165, 1.54) is 4.90 Å². The van der Waals surface area contributed by atoms with Crippen LogP contribution in [0.2, 0.25) is 0 Å². The van der Waals surface area contributed by atoms with Crippen LogP contribution in [0.15, 0.2) is 103 Å². The van der Waals surface area contributed by atoms with E-state index in [-0.39, 0.29) is 24.0 Å². The van der Waals surface area contributed by atoms with Gasteiger partial charge in [-0.25, -0.2) is 0 Å². The van der Waals surface area contributed by atoms with E-state index in [9.17, 15) is 14.7 Å². The number of rotatable bonds is 10. The van der Waals surface area contributed by atoms with Gasteiger partial charge in [-0.2, -0.15) is 0 Å². The molecule has 7 nitrogen and oxygen atoms in total. The molecule has 0 saturated carbocycles. The number of carbonyl (C=O) groups excluding carboxylic acids is 2. The molecule has 1 atom stereocenters. The second kappa shape index (κ2) is 12.9. The molecule has 1 heterocycles. The molecule has 4 aromatic carbocycles. The van der Waals surface area contributed by atoms with Gasteiger partial charge in [-0.1, -0.05) is 54.6 Å². The van der Waals surface area contributed by atoms with Gasteiger partial charge in [-0.05, 0) is 85.5 Å². The summed E-state index contributed by atoms with van der Waals surface area (Å²) in [5.74, 6) is 0.380. The highest BCUT2D eigenvalue weighted by Crippen LogP contribution is 2.41. The molecular formula is C36H35NO6. The molecule has 0 aliphatic carbocycles. The fraction of sp³-hybridized carbons (Fsp3) is 0.222. The summed E-state index contributed by atoms with van der Waals surface area (Å²) in [5.41, 5.74) is 3.80. The first-order valence-corrected chi connectivity index (χ1v) is 14.2. The van der Waals surface area contributed by atoms with Crippen molar-refractivity contribution in [2.45, 2.75) is 46.1 Å². The highest BCUT2D eigenvalue weighted by atomic mass is 16.5. The van der Waals surface area contributed by atoms with Gasteiger partial charge in [0.2, 0.25) is 0 Å². The Morgan fingerprint density at radius 1 is 0.860 bits per heavy atom. The predicted octanol–water partition coefficient (Wildman–Crippen LogP) is 6.99. The van der Waals surface area contributed by atoms with E-state index < -0.39 is 17.7 Å². The van der Waals surface area contributed by atoms with Crippen molar-refractivity contribution in [1.29, 1.82) is 0 Å². The zero-order valence-electron chi connectivity index (χ0n) is 24.7. The Morgan fingerprint density at radius 3 is 2.16 bits per heavy atom. The maximum atomic E-state index is 13.6. The molecule has 5 rings (SSSR count). The SMILES string of the molecule is COc1ccc(CN2C(=O)C(=O)/C(=C(\O)c3ccc(OCc4ccccc4)c(C)c3)C2c2ccc(OC(C)C)cc2)cc1. The minimum atomic E-state index is -0.801. The molecule has 0 bridgehead atoms. The smallest absolute Gasteiger partial charge is 0.295 e. The molecule has 1 amide bonds. The van der Waals surface area contributed by atoms with Crippen molar-refractivity contribution in [2.24, 2.45) is 0 Å². The topological polar surface area (TPSA) is 85.3 Å². The van der Waals surface area contributed by atoms with Gasteiger partial charge < -0.3 is 24.2 Å². The Hall–Kier alpha value is -5.04. The maximum absolute atomic E-state index is 13.6. The van der Waals surface area contributed by atoms with Gasteiger partial charge in [0.25, 0.3) is 11.7 Å². The summed E-state index contributed by atoms with van der Waals surface area (Å²) in [6.45, 7) is 6.34. The lowest BCUT2D eigenvalue weighted by atomic mass is 9.94. The van der Waals surface area contributed by atoms with Gasteiger partial charge in [0.15, 0.2) is 0 Å². The Morgan fingerprint density at radius 2 is 1.53 bits per heavy atom. The molecule has 1 saturated heterocycles. The number of aryl methyl sites for hydroxylation is 1. The van der Waals surface area contributed by atoms with Crippen molar-refractivity contribution in [3.8, 4) is 17.2 Å². The molecule has 220 valence electrons. The lowest BCUT2D eigenvalue weighted by Crippen LogP contribution is -2.29. The van der Waals surface area contributed by atoms with Gasteiger partial charge in [-0.3, -0.25) is 9.59 Å². The standard InChI is InChI=1S/C36H35NO6/c1-23(2)43-30-17-12-27(13-18-30)33-32(35(39)36(40)37(33)21-25-10-15-29(41-4)16-11-25)34(38)28-14-19-31(24(3)20-28)42-22-26-8-6-5-7-9-26/h5-20,23,33,38H,21-22H2,1-4H3/b34-32-. The summed E-state index contributed by atoms with van der Waals surface area (Å²) < 4.78 is 17.1. The summed E-state index contributed by atoms with van der Waals surface area (Å²) >= 11 is 0. The number of nitrogens with zero attached hydrogens (tertiary/aromatic N) is 1. The van der Waals surface area contributed by atoms with Crippen molar-refractivity contribution in [2.75, 3.05) is 7.11 Å². The normalized spacial score (nSPS) is 16.0. The van der Waals surface area contributed by atoms with Gasteiger partial charge >= 0.3 is 0 Å². The number of likely N-dealkylation sites (tertiary alicyclic amines) is 1. The molecule has 43 heavy (non-hydrogen) atoms. The second-order valence-electron chi connectivity index (χ2n) is 10.8. The number of hydrogen-bond acceptors (Lipinski definition) is 6. The Kier molecular flexibility index (Phi) is 8.81. The van der Waals surface area contributed by atoms with Crippen LogP contribution in [0.1, 0.15) is 47.7 Å². The van der Waals surface area contributed by atoms with Crippen LogP contribution >= 0.6 is 0 Å². The number of methoxy groups -OCH3 is 1. The van der Waals surface area contributed by atoms with Gasteiger partial charge in [0.05, 0.1) is 24.8 Å². The number of ketones is 1. The third-order valence-electron chi connectivity index (χ3n) is 7.31. The second-order valence-corrected chi connectivity index (χ2v) is 10.8. The number of Topliss-reactive ketones (excluding diaryl/α,β-unsaturated/α-hetero) is 1. The highest BCUT2D eigenvalue weighted by molar-refractivity contribution is 6.46. The number of hydrogen-bond donors (Lipinski definition) is 1. The lowest BCUT2D eigenvalue weighted by molar-refractivity contribution is -0.140. The third kappa shape index (κ3) is 6.56. The van der Waals surface area contributed by atoms with Crippen LogP contribution in [-0.2, 0) is 22.7 Å². The summed E-state index contributed by atoms with van der Waals surface area (Å²) in [6.07, 6.45) is -0.00515. The van der Waals surface area contributed by atoms with Gasteiger partial charge in [0.1, 0.15) is 29.6 Å². The van der Waals surface area contributed by atoms with Crippen molar-refractivity contribution in [3.05, 3.63) is 130 Å². The molecule has 1 N–H and O–H groups in total. The fourth-order valence-electron chi connectivity index (χ4n) is 5.17. The Bertz CT molecular complexity index is 1630. The summed E-state index contributed by atoms with van der Waals surface area (Å²) in [5, 5.41) is 11.6. The summed E-state index contributed by atoms with van der Waals surface area (Å²) in [7, 11) is 1.59. The largest absolute Gasteiger partial charge is 0.507 e. The van der Waals surface area contributed by atoms with Crippen LogP contribution in [-0.4, -0.2) is 34.9 Å². The first kappa shape index (κ1) is 29.5. The Labute approximate surface area is 252 Å². The van der Waals surface area contributed by atoms with E-state index in [2.05, 4.69) is 0 Å². The van der Waals surface area contributed by atoms with Gasteiger partial charge in [0, 0.05) is 12.1 Å². The van der Waals surface area contributed by atoms with Crippen LogP contribution in [0.4, 0.5) is 0 Å². The van der Waals surface area contributed by atoms with Crippen molar-refractivity contribution in [3.63, 3.8) is 0 Å². The highest BCUT2D eigenvalue weighted by Gasteiger charge is 2.46. The molecule has 1 aliphatic heterocycles. The number of ether oxygens (including phenoxy) is 3. The van der Waals surface area contributed by atoms with E-state index in [1.807, 2.05) is 99.6 Å². The van der Waals surface area contributed by atoms with E-state index >= 15 is 0 Å². The quantitative estimate of drug-likeness (QED) is 0.124. The minimum Gasteiger partial charge on any atom is -0.507 e. The number of aliphatic hydroxyl groups is 1. The molecule has 1 aliphatic rings. The van der Waals surface area contributed by atoms with Crippen molar-refractivity contribution in [1.82, 2.24) is 4.90 Å². The lowest BCUT2D eigenvalue weighted by Gasteiger charge is -2.26. The zero-order chi connectivity index (χ0) is 30.5. The number of amides is 1. The molecule has 0 radical (unpaired) electrons. The van der Waals surface area contributed by atoms with Crippen LogP contribution in [0.5, 0.6) is 17.2 Å². The molecule has 0 spiro atoms. The van der Waals surface area contributed by atoms with Crippen molar-refractivity contribution >= 4 is 17.4 Å². The molecule has 1 fully saturated rings. The number of benzene rings is 4. The van der Waals surface area contributed by atoms with E-state index in [1.54, 1.807) is 25.3 Å². The maximum Gasteiger partial charge on any atom is 0.295 e. The molecule has 0 aromatic heterocycles. The van der Waals surface area contributed by atoms with E-state index in [0.29, 0.717) is 35.0 Å². The number of aliphatic hydroxyl groups excluding tert-OH is 1. The van der Waals surface area contributed by atoms with E-state index in [0.717, 1.165) is 16.7 Å². The average Bonchev–Trinajstić information content (AvgIpc) is 3.26. The summed E-state index contributed by atoms with van der Waals surface area (Å²) in [6, 6.07) is 28.9. The predicted molar refractivity (Wildman–Crippen MR) is 165 cm³/mol.